The van der Waals surface area contributed by atoms with E-state index < -0.39 is 16.7 Å². The summed E-state index contributed by atoms with van der Waals surface area (Å²) in [5, 5.41) is 12.7. The van der Waals surface area contributed by atoms with Crippen LogP contribution in [0.2, 0.25) is 0 Å². The molecule has 1 heterocycles. The van der Waals surface area contributed by atoms with Gasteiger partial charge in [-0.05, 0) is 19.9 Å². The molecule has 0 radical (unpaired) electrons. The molecule has 1 rings (SSSR count). The molecule has 0 spiro atoms. The number of carbonyl (C=O) groups is 2. The van der Waals surface area contributed by atoms with Crippen molar-refractivity contribution in [2.75, 3.05) is 19.6 Å². The van der Waals surface area contributed by atoms with Gasteiger partial charge in [0.05, 0.1) is 12.6 Å². The van der Waals surface area contributed by atoms with Crippen molar-refractivity contribution >= 4 is 17.7 Å². The molecule has 0 atom stereocenters. The van der Waals surface area contributed by atoms with Crippen LogP contribution in [0, 0.1) is 10.1 Å². The Morgan fingerprint density at radius 2 is 2.00 bits per heavy atom. The Labute approximate surface area is 109 Å². The lowest BCUT2D eigenvalue weighted by Crippen LogP contribution is -2.39. The van der Waals surface area contributed by atoms with Gasteiger partial charge < -0.3 is 14.6 Å². The zero-order valence-corrected chi connectivity index (χ0v) is 10.7. The first-order chi connectivity index (χ1) is 8.99. The number of likely N-dealkylation sites (N-methyl/N-ethyl adjacent to an activating group) is 1. The van der Waals surface area contributed by atoms with Crippen LogP contribution in [0.25, 0.3) is 0 Å². The summed E-state index contributed by atoms with van der Waals surface area (Å²) in [4.78, 5) is 34.4. The molecule has 8 heteroatoms. The van der Waals surface area contributed by atoms with Crippen molar-refractivity contribution in [2.45, 2.75) is 13.8 Å². The van der Waals surface area contributed by atoms with Crippen molar-refractivity contribution in [1.29, 1.82) is 0 Å². The summed E-state index contributed by atoms with van der Waals surface area (Å²) >= 11 is 0. The summed E-state index contributed by atoms with van der Waals surface area (Å²) in [5.41, 5.74) is 0. The first kappa shape index (κ1) is 14.7. The van der Waals surface area contributed by atoms with E-state index in [9.17, 15) is 19.7 Å². The third kappa shape index (κ3) is 3.80. The molecule has 0 aliphatic heterocycles. The van der Waals surface area contributed by atoms with Crippen molar-refractivity contribution in [3.8, 4) is 0 Å². The van der Waals surface area contributed by atoms with Crippen LogP contribution in [0.3, 0.4) is 0 Å². The summed E-state index contributed by atoms with van der Waals surface area (Å²) in [6, 6.07) is 2.27. The molecular formula is C11H15N3O5. The van der Waals surface area contributed by atoms with E-state index in [1.807, 2.05) is 13.8 Å². The summed E-state index contributed by atoms with van der Waals surface area (Å²) < 4.78 is 4.72. The van der Waals surface area contributed by atoms with Crippen LogP contribution >= 0.6 is 0 Å². The number of carbonyl (C=O) groups excluding carboxylic acids is 2. The van der Waals surface area contributed by atoms with Gasteiger partial charge in [-0.25, -0.2) is 0 Å². The Hall–Kier alpha value is -2.38. The lowest BCUT2D eigenvalue weighted by atomic mass is 10.4. The van der Waals surface area contributed by atoms with Crippen LogP contribution in [0.5, 0.6) is 0 Å². The van der Waals surface area contributed by atoms with Gasteiger partial charge in [0.1, 0.15) is 4.92 Å². The number of nitrogens with zero attached hydrogens (tertiary/aromatic N) is 2. The van der Waals surface area contributed by atoms with E-state index in [-0.39, 0.29) is 18.2 Å². The first-order valence-electron chi connectivity index (χ1n) is 5.79. The highest BCUT2D eigenvalue weighted by Gasteiger charge is 2.18. The van der Waals surface area contributed by atoms with E-state index in [4.69, 9.17) is 4.42 Å². The van der Waals surface area contributed by atoms with Gasteiger partial charge in [-0.3, -0.25) is 19.7 Å². The van der Waals surface area contributed by atoms with Gasteiger partial charge in [0.2, 0.25) is 5.91 Å². The third-order valence-electron chi connectivity index (χ3n) is 2.51. The topological polar surface area (TPSA) is 106 Å². The van der Waals surface area contributed by atoms with Crippen molar-refractivity contribution in [1.82, 2.24) is 10.2 Å². The van der Waals surface area contributed by atoms with Gasteiger partial charge in [0.15, 0.2) is 5.76 Å². The molecule has 0 bridgehead atoms. The third-order valence-corrected chi connectivity index (χ3v) is 2.51. The monoisotopic (exact) mass is 269 g/mol. The highest BCUT2D eigenvalue weighted by molar-refractivity contribution is 5.94. The molecule has 0 saturated carbocycles. The molecule has 0 unspecified atom stereocenters. The Morgan fingerprint density at radius 3 is 2.47 bits per heavy atom. The fourth-order valence-corrected chi connectivity index (χ4v) is 1.48. The Bertz CT molecular complexity index is 478. The predicted octanol–water partition coefficient (Wildman–Crippen LogP) is 0.786. The summed E-state index contributed by atoms with van der Waals surface area (Å²) in [6.45, 7) is 4.60. The number of rotatable bonds is 6. The van der Waals surface area contributed by atoms with Crippen LogP contribution in [0.1, 0.15) is 24.4 Å². The van der Waals surface area contributed by atoms with E-state index in [1.54, 1.807) is 4.90 Å². The Kier molecular flexibility index (Phi) is 5.04. The highest BCUT2D eigenvalue weighted by atomic mass is 16.6. The van der Waals surface area contributed by atoms with Crippen LogP contribution in [-0.2, 0) is 4.79 Å². The number of furan rings is 1. The number of hydrogen-bond acceptors (Lipinski definition) is 5. The van der Waals surface area contributed by atoms with Crippen molar-refractivity contribution < 1.29 is 18.9 Å². The van der Waals surface area contributed by atoms with Gasteiger partial charge in [0, 0.05) is 13.1 Å². The van der Waals surface area contributed by atoms with E-state index in [0.29, 0.717) is 13.1 Å². The fraction of sp³-hybridized carbons (Fsp3) is 0.455. The van der Waals surface area contributed by atoms with Crippen molar-refractivity contribution in [2.24, 2.45) is 0 Å². The van der Waals surface area contributed by atoms with Gasteiger partial charge in [-0.15, -0.1) is 0 Å². The quantitative estimate of drug-likeness (QED) is 0.607. The standard InChI is InChI=1S/C11H15N3O5/c1-3-13(4-2)9(15)7-12-11(16)8-5-6-10(19-8)14(17)18/h5-6H,3-4,7H2,1-2H3,(H,12,16). The predicted molar refractivity (Wildman–Crippen MR) is 65.6 cm³/mol. The second-order valence-electron chi connectivity index (χ2n) is 3.64. The normalized spacial score (nSPS) is 10.0. The van der Waals surface area contributed by atoms with Gasteiger partial charge in [0.25, 0.3) is 5.91 Å². The van der Waals surface area contributed by atoms with Crippen LogP contribution in [-0.4, -0.2) is 41.3 Å². The Balaban J connectivity index is 2.55. The van der Waals surface area contributed by atoms with E-state index in [1.165, 1.54) is 6.07 Å². The molecule has 1 N–H and O–H groups in total. The number of amides is 2. The number of nitro groups is 1. The zero-order chi connectivity index (χ0) is 14.4. The summed E-state index contributed by atoms with van der Waals surface area (Å²) in [6.07, 6.45) is 0. The van der Waals surface area contributed by atoms with Crippen molar-refractivity contribution in [3.05, 3.63) is 28.0 Å². The number of nitrogens with one attached hydrogen (secondary N) is 1. The molecule has 19 heavy (non-hydrogen) atoms. The average Bonchev–Trinajstić information content (AvgIpc) is 2.87. The molecule has 0 aromatic carbocycles. The van der Waals surface area contributed by atoms with E-state index >= 15 is 0 Å². The maximum atomic E-state index is 11.6. The molecule has 2 amide bonds. The fourth-order valence-electron chi connectivity index (χ4n) is 1.48. The molecule has 0 saturated heterocycles. The van der Waals surface area contributed by atoms with Crippen LogP contribution < -0.4 is 5.32 Å². The smallest absolute Gasteiger partial charge is 0.395 e. The minimum atomic E-state index is -0.738. The largest absolute Gasteiger partial charge is 0.433 e. The minimum Gasteiger partial charge on any atom is -0.395 e. The zero-order valence-electron chi connectivity index (χ0n) is 10.7. The molecule has 1 aromatic rings. The van der Waals surface area contributed by atoms with E-state index in [2.05, 4.69) is 5.32 Å². The lowest BCUT2D eigenvalue weighted by Gasteiger charge is -2.18. The van der Waals surface area contributed by atoms with Gasteiger partial charge >= 0.3 is 5.88 Å². The maximum absolute atomic E-state index is 11.6. The SMILES string of the molecule is CCN(CC)C(=O)CNC(=O)c1ccc([N+](=O)[O-])o1. The molecular weight excluding hydrogens is 254 g/mol. The van der Waals surface area contributed by atoms with Gasteiger partial charge in [-0.1, -0.05) is 0 Å². The molecule has 1 aromatic heterocycles. The molecule has 0 aliphatic carbocycles. The molecule has 0 fully saturated rings. The maximum Gasteiger partial charge on any atom is 0.433 e. The lowest BCUT2D eigenvalue weighted by molar-refractivity contribution is -0.402. The summed E-state index contributed by atoms with van der Waals surface area (Å²) in [7, 11) is 0. The van der Waals surface area contributed by atoms with Crippen LogP contribution in [0.15, 0.2) is 16.5 Å². The highest BCUT2D eigenvalue weighted by Crippen LogP contribution is 2.15. The average molecular weight is 269 g/mol. The second-order valence-corrected chi connectivity index (χ2v) is 3.64. The van der Waals surface area contributed by atoms with Crippen LogP contribution in [0.4, 0.5) is 5.88 Å². The Morgan fingerprint density at radius 1 is 1.37 bits per heavy atom. The molecule has 104 valence electrons. The molecule has 0 aliphatic rings. The van der Waals surface area contributed by atoms with Gasteiger partial charge in [-0.2, -0.15) is 0 Å². The molecule has 8 nitrogen and oxygen atoms in total. The van der Waals surface area contributed by atoms with Crippen molar-refractivity contribution in [3.63, 3.8) is 0 Å². The summed E-state index contributed by atoms with van der Waals surface area (Å²) in [5.74, 6) is -1.59. The number of hydrogen-bond donors (Lipinski definition) is 1. The minimum absolute atomic E-state index is 0.172. The second kappa shape index (κ2) is 6.53. The van der Waals surface area contributed by atoms with E-state index in [0.717, 1.165) is 6.07 Å². The first-order valence-corrected chi connectivity index (χ1v) is 5.79.